The number of rotatable bonds is 4. The maximum atomic E-state index is 6.08. The molecular weight excluding hydrogens is 296 g/mol. The molecule has 24 heavy (non-hydrogen) atoms. The van der Waals surface area contributed by atoms with Gasteiger partial charge >= 0.3 is 0 Å². The maximum Gasteiger partial charge on any atom is 0.189 e. The van der Waals surface area contributed by atoms with Gasteiger partial charge in [-0.2, -0.15) is 0 Å². The van der Waals surface area contributed by atoms with Gasteiger partial charge in [-0.1, -0.05) is 49.9 Å². The molecule has 4 nitrogen and oxygen atoms in total. The summed E-state index contributed by atoms with van der Waals surface area (Å²) in [5.74, 6) is 0.560. The van der Waals surface area contributed by atoms with Gasteiger partial charge in [-0.05, 0) is 36.6 Å². The van der Waals surface area contributed by atoms with Crippen LogP contribution in [0.5, 0.6) is 0 Å². The van der Waals surface area contributed by atoms with E-state index >= 15 is 0 Å². The molecule has 126 valence electrons. The van der Waals surface area contributed by atoms with Crippen LogP contribution in [-0.4, -0.2) is 17.0 Å². The number of nitrogens with two attached hydrogens (primary N) is 1. The van der Waals surface area contributed by atoms with Crippen LogP contribution in [0.3, 0.4) is 0 Å². The molecule has 0 spiro atoms. The molecule has 0 amide bonds. The zero-order valence-electron chi connectivity index (χ0n) is 14.1. The molecular formula is C20H26N4. The van der Waals surface area contributed by atoms with Gasteiger partial charge in [0.05, 0.1) is 12.2 Å². The summed E-state index contributed by atoms with van der Waals surface area (Å²) < 4.78 is 0. The van der Waals surface area contributed by atoms with E-state index < -0.39 is 0 Å². The Bertz CT molecular complexity index is 658. The van der Waals surface area contributed by atoms with Crippen molar-refractivity contribution >= 4 is 5.96 Å². The molecule has 0 aliphatic heterocycles. The van der Waals surface area contributed by atoms with Gasteiger partial charge in [-0.25, -0.2) is 4.99 Å². The van der Waals surface area contributed by atoms with Crippen LogP contribution in [0.1, 0.15) is 44.1 Å². The first-order valence-corrected chi connectivity index (χ1v) is 8.88. The van der Waals surface area contributed by atoms with Crippen LogP contribution < -0.4 is 11.1 Å². The highest BCUT2D eigenvalue weighted by Gasteiger charge is 2.12. The Hall–Kier alpha value is -2.36. The van der Waals surface area contributed by atoms with Gasteiger partial charge in [0.15, 0.2) is 5.96 Å². The quantitative estimate of drug-likeness (QED) is 0.510. The van der Waals surface area contributed by atoms with Gasteiger partial charge in [0.1, 0.15) is 0 Å². The van der Waals surface area contributed by atoms with E-state index in [0.29, 0.717) is 18.5 Å². The van der Waals surface area contributed by atoms with Gasteiger partial charge in [-0.15, -0.1) is 0 Å². The molecule has 0 atom stereocenters. The summed E-state index contributed by atoms with van der Waals surface area (Å²) in [4.78, 5) is 8.92. The average Bonchev–Trinajstić information content (AvgIpc) is 2.90. The average molecular weight is 322 g/mol. The summed E-state index contributed by atoms with van der Waals surface area (Å²) in [7, 11) is 0. The summed E-state index contributed by atoms with van der Waals surface area (Å²) in [6.07, 6.45) is 9.48. The van der Waals surface area contributed by atoms with E-state index in [2.05, 4.69) is 33.5 Å². The molecule has 1 fully saturated rings. The van der Waals surface area contributed by atoms with Crippen LogP contribution in [-0.2, 0) is 6.54 Å². The predicted molar refractivity (Wildman–Crippen MR) is 99.6 cm³/mol. The van der Waals surface area contributed by atoms with Gasteiger partial charge in [0.25, 0.3) is 0 Å². The first-order valence-electron chi connectivity index (χ1n) is 8.88. The highest BCUT2D eigenvalue weighted by Crippen LogP contribution is 2.19. The van der Waals surface area contributed by atoms with E-state index in [1.165, 1.54) is 38.5 Å². The third kappa shape index (κ3) is 4.82. The second kappa shape index (κ2) is 8.48. The molecule has 0 radical (unpaired) electrons. The van der Waals surface area contributed by atoms with E-state index in [4.69, 9.17) is 5.73 Å². The minimum atomic E-state index is 0.483. The smallest absolute Gasteiger partial charge is 0.189 e. The van der Waals surface area contributed by atoms with Crippen LogP contribution >= 0.6 is 0 Å². The molecule has 1 saturated carbocycles. The summed E-state index contributed by atoms with van der Waals surface area (Å²) >= 11 is 0. The molecule has 0 bridgehead atoms. The minimum absolute atomic E-state index is 0.483. The predicted octanol–water partition coefficient (Wildman–Crippen LogP) is 3.88. The van der Waals surface area contributed by atoms with Crippen LogP contribution in [0.2, 0.25) is 0 Å². The molecule has 1 aliphatic carbocycles. The van der Waals surface area contributed by atoms with E-state index in [-0.39, 0.29) is 0 Å². The number of nitrogens with zero attached hydrogens (tertiary/aromatic N) is 2. The van der Waals surface area contributed by atoms with Crippen molar-refractivity contribution in [2.75, 3.05) is 0 Å². The van der Waals surface area contributed by atoms with Crippen LogP contribution in [0.4, 0.5) is 0 Å². The molecule has 0 saturated heterocycles. The summed E-state index contributed by atoms with van der Waals surface area (Å²) in [6.45, 7) is 0.590. The number of pyridine rings is 1. The topological polar surface area (TPSA) is 63.3 Å². The van der Waals surface area contributed by atoms with Crippen molar-refractivity contribution in [2.24, 2.45) is 10.7 Å². The lowest BCUT2D eigenvalue weighted by Crippen LogP contribution is -2.39. The van der Waals surface area contributed by atoms with Gasteiger partial charge in [0, 0.05) is 17.8 Å². The van der Waals surface area contributed by atoms with E-state index in [9.17, 15) is 0 Å². The lowest BCUT2D eigenvalue weighted by atomic mass is 10.1. The maximum absolute atomic E-state index is 6.08. The zero-order chi connectivity index (χ0) is 16.6. The largest absolute Gasteiger partial charge is 0.370 e. The van der Waals surface area contributed by atoms with Crippen molar-refractivity contribution in [3.05, 3.63) is 54.2 Å². The lowest BCUT2D eigenvalue weighted by Gasteiger charge is -2.16. The number of hydrogen-bond acceptors (Lipinski definition) is 2. The Morgan fingerprint density at radius 2 is 1.92 bits per heavy atom. The van der Waals surface area contributed by atoms with E-state index in [0.717, 1.165) is 16.8 Å². The first kappa shape index (κ1) is 16.5. The second-order valence-electron chi connectivity index (χ2n) is 6.45. The fourth-order valence-electron chi connectivity index (χ4n) is 3.22. The molecule has 4 heteroatoms. The third-order valence-corrected chi connectivity index (χ3v) is 4.53. The minimum Gasteiger partial charge on any atom is -0.370 e. The van der Waals surface area contributed by atoms with Crippen molar-refractivity contribution < 1.29 is 0 Å². The Kier molecular flexibility index (Phi) is 5.83. The number of hydrogen-bond donors (Lipinski definition) is 2. The fourth-order valence-corrected chi connectivity index (χ4v) is 3.22. The van der Waals surface area contributed by atoms with E-state index in [1.54, 1.807) is 0 Å². The SMILES string of the molecule is NC(=NCc1cccc(-c2ccccn2)c1)NC1CCCCCC1. The third-order valence-electron chi connectivity index (χ3n) is 4.53. The van der Waals surface area contributed by atoms with Gasteiger partial charge in [0.2, 0.25) is 0 Å². The molecule has 0 unspecified atom stereocenters. The number of aromatic nitrogens is 1. The van der Waals surface area contributed by atoms with Crippen molar-refractivity contribution in [3.8, 4) is 11.3 Å². The number of benzene rings is 1. The summed E-state index contributed by atoms with van der Waals surface area (Å²) in [6, 6.07) is 14.8. The van der Waals surface area contributed by atoms with Gasteiger partial charge in [-0.3, -0.25) is 4.98 Å². The monoisotopic (exact) mass is 322 g/mol. The standard InChI is InChI=1S/C20H26N4/c21-20(24-18-10-3-1-2-4-11-18)23-15-16-8-7-9-17(14-16)19-12-5-6-13-22-19/h5-9,12-14,18H,1-4,10-11,15H2,(H3,21,23,24). The normalized spacial score (nSPS) is 16.6. The molecule has 2 aromatic rings. The van der Waals surface area contributed by atoms with Crippen molar-refractivity contribution in [2.45, 2.75) is 51.1 Å². The summed E-state index contributed by atoms with van der Waals surface area (Å²) in [5, 5.41) is 3.39. The van der Waals surface area contributed by atoms with Crippen LogP contribution in [0, 0.1) is 0 Å². The Labute approximate surface area is 144 Å². The lowest BCUT2D eigenvalue weighted by molar-refractivity contribution is 0.530. The van der Waals surface area contributed by atoms with Crippen LogP contribution in [0.15, 0.2) is 53.7 Å². The zero-order valence-corrected chi connectivity index (χ0v) is 14.1. The molecule has 1 aromatic carbocycles. The number of guanidine groups is 1. The van der Waals surface area contributed by atoms with Crippen molar-refractivity contribution in [3.63, 3.8) is 0 Å². The Balaban J connectivity index is 1.61. The molecule has 1 aromatic heterocycles. The fraction of sp³-hybridized carbons (Fsp3) is 0.400. The van der Waals surface area contributed by atoms with Crippen molar-refractivity contribution in [1.29, 1.82) is 0 Å². The molecule has 1 heterocycles. The summed E-state index contributed by atoms with van der Waals surface area (Å²) in [5.41, 5.74) is 9.31. The molecule has 3 rings (SSSR count). The molecule has 3 N–H and O–H groups in total. The van der Waals surface area contributed by atoms with E-state index in [1.807, 2.05) is 30.5 Å². The van der Waals surface area contributed by atoms with Gasteiger partial charge < -0.3 is 11.1 Å². The number of nitrogens with one attached hydrogen (secondary N) is 1. The first-order chi connectivity index (χ1) is 11.8. The van der Waals surface area contributed by atoms with Crippen molar-refractivity contribution in [1.82, 2.24) is 10.3 Å². The second-order valence-corrected chi connectivity index (χ2v) is 6.45. The number of aliphatic imine (C=N–C) groups is 1. The highest BCUT2D eigenvalue weighted by atomic mass is 15.1. The highest BCUT2D eigenvalue weighted by molar-refractivity contribution is 5.78. The Morgan fingerprint density at radius 3 is 2.67 bits per heavy atom. The van der Waals surface area contributed by atoms with Crippen LogP contribution in [0.25, 0.3) is 11.3 Å². The Morgan fingerprint density at radius 1 is 1.08 bits per heavy atom. The molecule has 1 aliphatic rings.